The van der Waals surface area contributed by atoms with Gasteiger partial charge in [0.05, 0.1) is 84.8 Å². The Morgan fingerprint density at radius 3 is 1.53 bits per heavy atom. The van der Waals surface area contributed by atoms with E-state index in [0.717, 1.165) is 38.5 Å². The van der Waals surface area contributed by atoms with Crippen molar-refractivity contribution >= 4 is 11.8 Å². The van der Waals surface area contributed by atoms with Crippen LogP contribution in [-0.4, -0.2) is 204 Å². The second-order valence-corrected chi connectivity index (χ2v) is 25.0. The van der Waals surface area contributed by atoms with Gasteiger partial charge in [-0.3, -0.25) is 9.59 Å². The lowest BCUT2D eigenvalue weighted by Gasteiger charge is -2.57. The highest BCUT2D eigenvalue weighted by atomic mass is 16.8. The predicted octanol–water partition coefficient (Wildman–Crippen LogP) is 5.02. The molecule has 0 amide bonds. The number of hydrogen-bond acceptors (Lipinski definition) is 21. The molecule has 2 bridgehead atoms. The summed E-state index contributed by atoms with van der Waals surface area (Å²) < 4.78 is 108. The van der Waals surface area contributed by atoms with Crippen LogP contribution in [0.4, 0.5) is 0 Å². The molecule has 1 spiro atoms. The number of methoxy groups -OCH3 is 4. The SMILES string of the molecule is CO[C@H]1C[C@H](O[C@H]2CC[C@@]3(C)[C@@H](CC[C@@]45O[C@@H](C)[C@@H]6C[C@H](OC(C)=O)C(=O)[C@]6(C)[C@@H](C[C@@H]43)O5)C2)O[C@H](C)[C@H]1O[C@H]1C[C@H](OC)[C@H](O[C@H]2C[C@@H](OC)[C@H](O[C@H]3C[C@H](O)[C@H](O[C@H]4C[C@@H](OC)[C@H](O)[C@@H](C)O4)[C@@H](C)O3)[C@@H](C)O2)[C@@H](C)O1. The smallest absolute Gasteiger partial charge is 0.303 e. The molecule has 10 aliphatic rings. The Labute approximate surface area is 460 Å². The standard InChI is InChI=1S/C57H92O21/c1-26-35-19-41(71-32(7)58)54(61)56(35,9)43-25-42-55(8)16-15-34(18-33(55)14-17-57(42,77-26)78-43)72-45-22-38(63-11)52(29(4)68-45)75-48-24-40(65-13)53(31(6)70-48)76-47-23-39(64-12)51(30(5)69-47)74-44-20-36(59)50(28(3)67-44)73-46-21-37(62-10)49(60)27(2)66-46/h26-31,33-53,59-60H,14-25H2,1-13H3/t26-,27+,28+,29+,30+,31+,33-,34-,35-,36-,37+,38-,39+,40-,41-,42+,43+,44-,45-,46-,47-,48-,49+,50+,51+,52+,53+,55-,56-,57-/m0/s1. The number of aliphatic hydroxyl groups is 2. The fraction of sp³-hybridized carbons (Fsp3) is 0.965. The van der Waals surface area contributed by atoms with Gasteiger partial charge in [-0.15, -0.1) is 0 Å². The average Bonchev–Trinajstić information content (AvgIpc) is 3.77. The molecule has 2 N–H and O–H groups in total. The van der Waals surface area contributed by atoms with Gasteiger partial charge in [0.25, 0.3) is 0 Å². The van der Waals surface area contributed by atoms with Gasteiger partial charge in [-0.05, 0) is 98.3 Å². The summed E-state index contributed by atoms with van der Waals surface area (Å²) in [4.78, 5) is 26.0. The first-order chi connectivity index (χ1) is 37.1. The van der Waals surface area contributed by atoms with Gasteiger partial charge in [-0.2, -0.15) is 0 Å². The third-order valence-electron chi connectivity index (χ3n) is 20.4. The first-order valence-corrected chi connectivity index (χ1v) is 29.2. The van der Waals surface area contributed by atoms with E-state index in [4.69, 9.17) is 80.5 Å². The lowest BCUT2D eigenvalue weighted by molar-refractivity contribution is -0.351. The topological polar surface area (TPSA) is 232 Å². The van der Waals surface area contributed by atoms with Gasteiger partial charge in [0, 0.05) is 85.7 Å². The monoisotopic (exact) mass is 1110 g/mol. The molecule has 3 saturated carbocycles. The summed E-state index contributed by atoms with van der Waals surface area (Å²) in [6.45, 7) is 17.3. The number of ether oxygens (including phenoxy) is 17. The minimum Gasteiger partial charge on any atom is -0.455 e. The summed E-state index contributed by atoms with van der Waals surface area (Å²) in [6, 6.07) is 0. The molecule has 78 heavy (non-hydrogen) atoms. The van der Waals surface area contributed by atoms with Crippen molar-refractivity contribution in [3.05, 3.63) is 0 Å². The highest BCUT2D eigenvalue weighted by Gasteiger charge is 2.72. The zero-order chi connectivity index (χ0) is 55.7. The van der Waals surface area contributed by atoms with Crippen molar-refractivity contribution in [1.29, 1.82) is 0 Å². The van der Waals surface area contributed by atoms with Crippen molar-refractivity contribution in [1.82, 2.24) is 0 Å². The molecular formula is C57H92O21. The van der Waals surface area contributed by atoms with E-state index < -0.39 is 134 Å². The molecule has 10 rings (SSSR count). The lowest BCUT2D eigenvalue weighted by Crippen LogP contribution is -2.58. The van der Waals surface area contributed by atoms with E-state index in [-0.39, 0.29) is 60.0 Å². The van der Waals surface area contributed by atoms with Crippen LogP contribution in [0, 0.1) is 28.6 Å². The highest BCUT2D eigenvalue weighted by Crippen LogP contribution is 2.67. The Hall–Kier alpha value is -1.58. The lowest BCUT2D eigenvalue weighted by atomic mass is 9.52. The third kappa shape index (κ3) is 11.3. The van der Waals surface area contributed by atoms with Gasteiger partial charge >= 0.3 is 5.97 Å². The molecule has 7 saturated heterocycles. The average molecular weight is 1110 g/mol. The summed E-state index contributed by atoms with van der Waals surface area (Å²) in [5.41, 5.74) is -0.858. The molecule has 30 atom stereocenters. The molecule has 0 aromatic carbocycles. The first kappa shape index (κ1) is 59.6. The molecular weight excluding hydrogens is 1020 g/mol. The number of esters is 1. The largest absolute Gasteiger partial charge is 0.455 e. The van der Waals surface area contributed by atoms with Gasteiger partial charge in [0.1, 0.15) is 30.5 Å². The molecule has 21 nitrogen and oxygen atoms in total. The summed E-state index contributed by atoms with van der Waals surface area (Å²) in [6.07, 6.45) is -4.91. The number of carbonyl (C=O) groups excluding carboxylic acids is 2. The van der Waals surface area contributed by atoms with Crippen molar-refractivity contribution in [3.8, 4) is 0 Å². The fourth-order valence-corrected chi connectivity index (χ4v) is 16.1. The fourth-order valence-electron chi connectivity index (χ4n) is 16.1. The number of hydrogen-bond donors (Lipinski definition) is 2. The Kier molecular flexibility index (Phi) is 18.2. The maximum Gasteiger partial charge on any atom is 0.303 e. The molecule has 0 unspecified atom stereocenters. The Morgan fingerprint density at radius 1 is 0.538 bits per heavy atom. The van der Waals surface area contributed by atoms with Crippen LogP contribution in [-0.2, 0) is 90.1 Å². The molecule has 3 aliphatic carbocycles. The first-order valence-electron chi connectivity index (χ1n) is 29.2. The van der Waals surface area contributed by atoms with Gasteiger partial charge in [0.15, 0.2) is 49.1 Å². The number of carbonyl (C=O) groups is 2. The van der Waals surface area contributed by atoms with Crippen LogP contribution in [0.2, 0.25) is 0 Å². The summed E-state index contributed by atoms with van der Waals surface area (Å²) >= 11 is 0. The summed E-state index contributed by atoms with van der Waals surface area (Å²) in [5.74, 6) is -0.803. The molecule has 10 fully saturated rings. The predicted molar refractivity (Wildman–Crippen MR) is 272 cm³/mol. The van der Waals surface area contributed by atoms with Gasteiger partial charge in [-0.1, -0.05) is 6.92 Å². The van der Waals surface area contributed by atoms with E-state index in [1.165, 1.54) is 6.92 Å². The number of aliphatic hydroxyl groups excluding tert-OH is 2. The minimum atomic E-state index is -0.909. The van der Waals surface area contributed by atoms with E-state index in [2.05, 4.69) is 13.8 Å². The van der Waals surface area contributed by atoms with E-state index in [0.29, 0.717) is 38.0 Å². The molecule has 446 valence electrons. The van der Waals surface area contributed by atoms with E-state index in [9.17, 15) is 19.8 Å². The van der Waals surface area contributed by atoms with Crippen LogP contribution in [0.15, 0.2) is 0 Å². The molecule has 0 aromatic heterocycles. The van der Waals surface area contributed by atoms with E-state index >= 15 is 0 Å². The Morgan fingerprint density at radius 2 is 1.01 bits per heavy atom. The normalized spacial score (nSPS) is 53.4. The van der Waals surface area contributed by atoms with E-state index in [1.807, 2.05) is 34.6 Å². The Balaban J connectivity index is 0.688. The number of ketones is 1. The van der Waals surface area contributed by atoms with Crippen LogP contribution in [0.3, 0.4) is 0 Å². The van der Waals surface area contributed by atoms with Crippen LogP contribution in [0.25, 0.3) is 0 Å². The van der Waals surface area contributed by atoms with Crippen molar-refractivity contribution in [2.75, 3.05) is 28.4 Å². The number of fused-ring (bicyclic) bond motifs is 5. The van der Waals surface area contributed by atoms with Crippen LogP contribution >= 0.6 is 0 Å². The third-order valence-corrected chi connectivity index (χ3v) is 20.4. The van der Waals surface area contributed by atoms with Crippen LogP contribution in [0.5, 0.6) is 0 Å². The number of rotatable bonds is 15. The molecule has 0 radical (unpaired) electrons. The molecule has 7 aliphatic heterocycles. The van der Waals surface area contributed by atoms with Gasteiger partial charge in [0.2, 0.25) is 0 Å². The second-order valence-electron chi connectivity index (χ2n) is 25.0. The van der Waals surface area contributed by atoms with Crippen LogP contribution < -0.4 is 0 Å². The van der Waals surface area contributed by atoms with Gasteiger partial charge < -0.3 is 90.7 Å². The quantitative estimate of drug-likeness (QED) is 0.162. The summed E-state index contributed by atoms with van der Waals surface area (Å²) in [5, 5.41) is 21.7. The zero-order valence-electron chi connectivity index (χ0n) is 48.2. The van der Waals surface area contributed by atoms with Crippen molar-refractivity contribution in [2.24, 2.45) is 28.6 Å². The molecule has 0 aromatic rings. The van der Waals surface area contributed by atoms with Crippen molar-refractivity contribution in [3.63, 3.8) is 0 Å². The van der Waals surface area contributed by atoms with Gasteiger partial charge in [-0.25, -0.2) is 0 Å². The Bertz CT molecular complexity index is 2040. The minimum absolute atomic E-state index is 0.000408. The maximum atomic E-state index is 14.0. The number of Topliss-reactive ketones (excluding diaryl/α,β-unsaturated/α-hetero) is 1. The zero-order valence-corrected chi connectivity index (χ0v) is 48.2. The van der Waals surface area contributed by atoms with E-state index in [1.54, 1.807) is 35.4 Å². The second kappa shape index (κ2) is 23.8. The van der Waals surface area contributed by atoms with Crippen molar-refractivity contribution in [2.45, 2.75) is 293 Å². The summed E-state index contributed by atoms with van der Waals surface area (Å²) in [7, 11) is 6.52. The van der Waals surface area contributed by atoms with Crippen LogP contribution in [0.1, 0.15) is 139 Å². The maximum absolute atomic E-state index is 14.0. The highest BCUT2D eigenvalue weighted by molar-refractivity contribution is 5.93. The molecule has 21 heteroatoms. The van der Waals surface area contributed by atoms with Crippen molar-refractivity contribution < 1.29 is 100 Å². The molecule has 7 heterocycles.